The Morgan fingerprint density at radius 2 is 1.77 bits per heavy atom. The Hall–Kier alpha value is -4.32. The van der Waals surface area contributed by atoms with Crippen LogP contribution in [-0.4, -0.2) is 50.7 Å². The summed E-state index contributed by atoms with van der Waals surface area (Å²) in [5.41, 5.74) is 1.61. The Kier molecular flexibility index (Phi) is 8.24. The molecule has 1 aliphatic carbocycles. The fourth-order valence-electron chi connectivity index (χ4n) is 5.26. The molecule has 9 nitrogen and oxygen atoms in total. The first-order valence-electron chi connectivity index (χ1n) is 13.3. The topological polar surface area (TPSA) is 107 Å². The molecule has 1 amide bonds. The van der Waals surface area contributed by atoms with Gasteiger partial charge < -0.3 is 34.3 Å². The van der Waals surface area contributed by atoms with E-state index in [1.807, 2.05) is 0 Å². The smallest absolute Gasteiger partial charge is 0.497 e. The molecule has 2 N–H and O–H groups in total. The molecular formula is C30H28ClF3N2O7. The predicted molar refractivity (Wildman–Crippen MR) is 151 cm³/mol. The molecule has 0 bridgehead atoms. The molecule has 1 aliphatic heterocycles. The van der Waals surface area contributed by atoms with Crippen molar-refractivity contribution < 1.29 is 46.8 Å². The molecule has 13 heteroatoms. The van der Waals surface area contributed by atoms with Crippen molar-refractivity contribution >= 4 is 34.9 Å². The molecule has 0 saturated heterocycles. The van der Waals surface area contributed by atoms with Crippen LogP contribution in [0, 0.1) is 0 Å². The van der Waals surface area contributed by atoms with Gasteiger partial charge in [-0.3, -0.25) is 9.59 Å². The van der Waals surface area contributed by atoms with Crippen molar-refractivity contribution in [1.29, 1.82) is 0 Å². The summed E-state index contributed by atoms with van der Waals surface area (Å²) >= 11 is 6.20. The van der Waals surface area contributed by atoms with Gasteiger partial charge in [0.05, 0.1) is 32.9 Å². The number of carboxylic acids is 1. The van der Waals surface area contributed by atoms with Gasteiger partial charge in [0.25, 0.3) is 5.91 Å². The molecule has 1 atom stereocenters. The van der Waals surface area contributed by atoms with Gasteiger partial charge in [-0.1, -0.05) is 23.7 Å². The fraction of sp³-hybridized carbons (Fsp3) is 0.333. The van der Waals surface area contributed by atoms with Gasteiger partial charge in [-0.25, -0.2) is 0 Å². The molecule has 1 heterocycles. The molecule has 0 aromatic heterocycles. The normalized spacial score (nSPS) is 15.4. The lowest BCUT2D eigenvalue weighted by atomic mass is 9.99. The third-order valence-corrected chi connectivity index (χ3v) is 7.65. The minimum atomic E-state index is -4.89. The molecule has 1 spiro atoms. The number of hydrogen-bond acceptors (Lipinski definition) is 7. The largest absolute Gasteiger partial charge is 0.573 e. The first-order valence-corrected chi connectivity index (χ1v) is 13.6. The van der Waals surface area contributed by atoms with Crippen molar-refractivity contribution in [3.05, 3.63) is 70.7 Å². The zero-order chi connectivity index (χ0) is 30.9. The van der Waals surface area contributed by atoms with E-state index in [1.165, 1.54) is 31.3 Å². The van der Waals surface area contributed by atoms with E-state index >= 15 is 0 Å². The van der Waals surface area contributed by atoms with Crippen molar-refractivity contribution in [1.82, 2.24) is 0 Å². The van der Waals surface area contributed by atoms with Gasteiger partial charge in [-0.2, -0.15) is 0 Å². The maximum Gasteiger partial charge on any atom is 0.573 e. The maximum absolute atomic E-state index is 14.4. The number of methoxy groups -OCH3 is 2. The minimum absolute atomic E-state index is 0.0930. The first-order chi connectivity index (χ1) is 20.4. The number of carboxylic acid groups (broad SMARTS) is 1. The Balaban J connectivity index is 1.54. The number of alkyl halides is 3. The lowest BCUT2D eigenvalue weighted by molar-refractivity contribution is -0.274. The van der Waals surface area contributed by atoms with E-state index in [-0.39, 0.29) is 25.0 Å². The van der Waals surface area contributed by atoms with Crippen molar-refractivity contribution in [2.24, 2.45) is 0 Å². The van der Waals surface area contributed by atoms with Gasteiger partial charge in [0.15, 0.2) is 0 Å². The van der Waals surface area contributed by atoms with E-state index in [1.54, 1.807) is 42.5 Å². The number of aliphatic carboxylic acids is 1. The highest BCUT2D eigenvalue weighted by molar-refractivity contribution is 6.30. The van der Waals surface area contributed by atoms with Crippen LogP contribution in [-0.2, 0) is 15.0 Å². The van der Waals surface area contributed by atoms with Gasteiger partial charge in [0.2, 0.25) is 0 Å². The first kappa shape index (κ1) is 30.1. The maximum atomic E-state index is 14.4. The van der Waals surface area contributed by atoms with Crippen LogP contribution in [0.5, 0.6) is 23.0 Å². The van der Waals surface area contributed by atoms with Crippen LogP contribution in [0.15, 0.2) is 54.6 Å². The van der Waals surface area contributed by atoms with Gasteiger partial charge in [-0.05, 0) is 36.6 Å². The number of hydrogen-bond donors (Lipinski definition) is 2. The molecule has 43 heavy (non-hydrogen) atoms. The molecular weight excluding hydrogens is 593 g/mol. The summed E-state index contributed by atoms with van der Waals surface area (Å²) in [5, 5.41) is 12.6. The predicted octanol–water partition coefficient (Wildman–Crippen LogP) is 6.34. The summed E-state index contributed by atoms with van der Waals surface area (Å²) in [6.45, 7) is 0.191. The van der Waals surface area contributed by atoms with Crippen molar-refractivity contribution in [3.8, 4) is 23.0 Å². The number of halogens is 4. The highest BCUT2D eigenvalue weighted by atomic mass is 35.5. The summed E-state index contributed by atoms with van der Waals surface area (Å²) in [6, 6.07) is 12.6. The number of nitrogens with one attached hydrogen (secondary N) is 1. The summed E-state index contributed by atoms with van der Waals surface area (Å²) in [6.07, 6.45) is -3.54. The van der Waals surface area contributed by atoms with Gasteiger partial charge in [0, 0.05) is 52.5 Å². The number of anilines is 2. The van der Waals surface area contributed by atoms with Crippen molar-refractivity contribution in [2.75, 3.05) is 37.6 Å². The molecule has 0 radical (unpaired) electrons. The number of rotatable bonds is 11. The standard InChI is InChI=1S/C30H28ClF3N2O7/c1-40-20-12-18(13-21(14-20)42-10-7-26(37)38)35-27(22-5-3-17(31)11-25(22)41-2)28(39)36-16-29(8-9-29)23-6-4-19(15-24(23)36)43-30(32,33)34/h3-6,11-15,27,35H,7-10,16H2,1-2H3,(H,37,38). The van der Waals surface area contributed by atoms with Crippen LogP contribution < -0.4 is 29.2 Å². The third-order valence-electron chi connectivity index (χ3n) is 7.41. The van der Waals surface area contributed by atoms with Gasteiger partial charge in [-0.15, -0.1) is 13.2 Å². The number of carbonyl (C=O) groups excluding carboxylic acids is 1. The van der Waals surface area contributed by atoms with Crippen LogP contribution in [0.1, 0.15) is 36.4 Å². The van der Waals surface area contributed by atoms with Crippen LogP contribution in [0.25, 0.3) is 0 Å². The lowest BCUT2D eigenvalue weighted by Crippen LogP contribution is -2.38. The summed E-state index contributed by atoms with van der Waals surface area (Å²) < 4.78 is 59.8. The van der Waals surface area contributed by atoms with Crippen LogP contribution in [0.3, 0.4) is 0 Å². The van der Waals surface area contributed by atoms with E-state index in [4.69, 9.17) is 30.9 Å². The molecule has 2 aliphatic rings. The number of ether oxygens (including phenoxy) is 4. The Labute approximate surface area is 250 Å². The number of amides is 1. The average Bonchev–Trinajstić information content (AvgIpc) is 3.66. The minimum Gasteiger partial charge on any atom is -0.497 e. The summed E-state index contributed by atoms with van der Waals surface area (Å²) in [4.78, 5) is 26.9. The third kappa shape index (κ3) is 6.69. The monoisotopic (exact) mass is 620 g/mol. The quantitative estimate of drug-likeness (QED) is 0.256. The van der Waals surface area contributed by atoms with E-state index in [0.717, 1.165) is 18.4 Å². The highest BCUT2D eigenvalue weighted by Crippen LogP contribution is 2.57. The fourth-order valence-corrected chi connectivity index (χ4v) is 5.42. The number of benzene rings is 3. The molecule has 1 unspecified atom stereocenters. The van der Waals surface area contributed by atoms with Gasteiger partial charge >= 0.3 is 12.3 Å². The zero-order valence-corrected chi connectivity index (χ0v) is 23.9. The molecule has 1 saturated carbocycles. The summed E-state index contributed by atoms with van der Waals surface area (Å²) in [5.74, 6) is -0.909. The van der Waals surface area contributed by atoms with E-state index < -0.39 is 30.0 Å². The number of carbonyl (C=O) groups is 2. The Morgan fingerprint density at radius 3 is 2.42 bits per heavy atom. The lowest BCUT2D eigenvalue weighted by Gasteiger charge is -2.28. The molecule has 1 fully saturated rings. The van der Waals surface area contributed by atoms with E-state index in [2.05, 4.69) is 10.1 Å². The highest BCUT2D eigenvalue weighted by Gasteiger charge is 2.54. The average molecular weight is 621 g/mol. The van der Waals surface area contributed by atoms with Crippen LogP contribution in [0.4, 0.5) is 24.5 Å². The Morgan fingerprint density at radius 1 is 1.02 bits per heavy atom. The second kappa shape index (κ2) is 11.8. The van der Waals surface area contributed by atoms with Gasteiger partial charge in [0.1, 0.15) is 29.0 Å². The molecule has 228 valence electrons. The Bertz CT molecular complexity index is 1540. The van der Waals surface area contributed by atoms with E-state index in [0.29, 0.717) is 39.2 Å². The SMILES string of the molecule is COc1cc(NC(C(=O)N2CC3(CC3)c3ccc(OC(F)(F)F)cc32)c2ccc(Cl)cc2OC)cc(OCCC(=O)O)c1. The molecule has 5 rings (SSSR count). The number of nitrogens with zero attached hydrogens (tertiary/aromatic N) is 1. The molecule has 3 aromatic rings. The second-order valence-electron chi connectivity index (χ2n) is 10.3. The second-order valence-corrected chi connectivity index (χ2v) is 10.7. The summed E-state index contributed by atoms with van der Waals surface area (Å²) in [7, 11) is 2.88. The molecule has 3 aromatic carbocycles. The van der Waals surface area contributed by atoms with Crippen LogP contribution in [0.2, 0.25) is 5.02 Å². The van der Waals surface area contributed by atoms with Crippen molar-refractivity contribution in [2.45, 2.75) is 37.1 Å². The number of fused-ring (bicyclic) bond motifs is 2. The van der Waals surface area contributed by atoms with Crippen molar-refractivity contribution in [3.63, 3.8) is 0 Å². The van der Waals surface area contributed by atoms with Crippen LogP contribution >= 0.6 is 11.6 Å². The zero-order valence-electron chi connectivity index (χ0n) is 23.2. The van der Waals surface area contributed by atoms with E-state index in [9.17, 15) is 22.8 Å².